The van der Waals surface area contributed by atoms with Crippen LogP contribution in [0.5, 0.6) is 0 Å². The van der Waals surface area contributed by atoms with Crippen LogP contribution < -0.4 is 0 Å². The van der Waals surface area contributed by atoms with Gasteiger partial charge in [-0.2, -0.15) is 0 Å². The Morgan fingerprint density at radius 3 is 2.79 bits per heavy atom. The first-order valence-electron chi connectivity index (χ1n) is 4.02. The molecular weight excluding hydrogens is 184 g/mol. The topological polar surface area (TPSA) is 80.4 Å². The molecule has 2 rings (SSSR count). The Kier molecular flexibility index (Phi) is 1.70. The molecule has 1 N–H and O–H groups in total. The van der Waals surface area contributed by atoms with Crippen molar-refractivity contribution in [3.05, 3.63) is 23.3 Å². The fourth-order valence-electron chi connectivity index (χ4n) is 1.37. The molecule has 0 aromatic carbocycles. The Balaban J connectivity index is 2.85. The van der Waals surface area contributed by atoms with E-state index in [9.17, 15) is 4.79 Å². The Bertz CT molecular complexity index is 517. The van der Waals surface area contributed by atoms with Crippen molar-refractivity contribution in [1.82, 2.24) is 19.6 Å². The number of carbonyl (C=O) groups is 1. The highest BCUT2D eigenvalue weighted by Gasteiger charge is 2.14. The molecule has 0 amide bonds. The fourth-order valence-corrected chi connectivity index (χ4v) is 1.37. The maximum Gasteiger partial charge on any atom is 0.374 e. The zero-order valence-corrected chi connectivity index (χ0v) is 7.72. The van der Waals surface area contributed by atoms with Crippen molar-refractivity contribution in [3.63, 3.8) is 0 Å². The lowest BCUT2D eigenvalue weighted by Gasteiger charge is -2.00. The number of nitrogens with zero attached hydrogens (tertiary/aromatic N) is 4. The average Bonchev–Trinajstić information content (AvgIpc) is 2.47. The summed E-state index contributed by atoms with van der Waals surface area (Å²) in [6.45, 7) is 3.61. The third kappa shape index (κ3) is 1.12. The summed E-state index contributed by atoms with van der Waals surface area (Å²) in [7, 11) is 0. The summed E-state index contributed by atoms with van der Waals surface area (Å²) in [4.78, 5) is 14.8. The molecule has 2 aromatic rings. The van der Waals surface area contributed by atoms with Crippen molar-refractivity contribution in [2.24, 2.45) is 0 Å². The first kappa shape index (κ1) is 8.61. The van der Waals surface area contributed by atoms with E-state index < -0.39 is 5.97 Å². The van der Waals surface area contributed by atoms with Crippen LogP contribution >= 0.6 is 0 Å². The largest absolute Gasteiger partial charge is 0.475 e. The molecule has 0 saturated heterocycles. The number of rotatable bonds is 1. The molecule has 0 spiro atoms. The SMILES string of the molecule is Cc1cc(C)n2c(C(=O)O)nnc2n1. The number of aromatic carboxylic acids is 1. The van der Waals surface area contributed by atoms with Crippen molar-refractivity contribution < 1.29 is 9.90 Å². The summed E-state index contributed by atoms with van der Waals surface area (Å²) in [5.41, 5.74) is 1.55. The van der Waals surface area contributed by atoms with E-state index in [1.165, 1.54) is 4.40 Å². The normalized spacial score (nSPS) is 10.7. The highest BCUT2D eigenvalue weighted by atomic mass is 16.4. The van der Waals surface area contributed by atoms with Crippen LogP contribution in [0.2, 0.25) is 0 Å². The molecule has 0 unspecified atom stereocenters. The number of aryl methyl sites for hydroxylation is 2. The molecule has 72 valence electrons. The number of hydrogen-bond acceptors (Lipinski definition) is 4. The molecule has 0 aliphatic carbocycles. The fraction of sp³-hybridized carbons (Fsp3) is 0.250. The minimum atomic E-state index is -1.11. The van der Waals surface area contributed by atoms with Crippen LogP contribution in [0.15, 0.2) is 6.07 Å². The van der Waals surface area contributed by atoms with Crippen LogP contribution in [0.1, 0.15) is 22.0 Å². The molecule has 6 nitrogen and oxygen atoms in total. The van der Waals surface area contributed by atoms with Gasteiger partial charge >= 0.3 is 5.97 Å². The van der Waals surface area contributed by atoms with Gasteiger partial charge in [-0.1, -0.05) is 0 Å². The van der Waals surface area contributed by atoms with E-state index in [1.54, 1.807) is 13.0 Å². The summed E-state index contributed by atoms with van der Waals surface area (Å²) in [6.07, 6.45) is 0. The minimum absolute atomic E-state index is 0.106. The van der Waals surface area contributed by atoms with Crippen molar-refractivity contribution >= 4 is 11.7 Å². The Hall–Kier alpha value is -1.98. The van der Waals surface area contributed by atoms with E-state index in [1.807, 2.05) is 6.92 Å². The maximum absolute atomic E-state index is 10.8. The smallest absolute Gasteiger partial charge is 0.374 e. The van der Waals surface area contributed by atoms with Crippen LogP contribution in [-0.4, -0.2) is 30.7 Å². The van der Waals surface area contributed by atoms with Gasteiger partial charge in [0.05, 0.1) is 0 Å². The van der Waals surface area contributed by atoms with E-state index in [0.29, 0.717) is 5.78 Å². The van der Waals surface area contributed by atoms with E-state index >= 15 is 0 Å². The quantitative estimate of drug-likeness (QED) is 0.709. The lowest BCUT2D eigenvalue weighted by atomic mass is 10.3. The van der Waals surface area contributed by atoms with Gasteiger partial charge in [0.25, 0.3) is 5.78 Å². The molecule has 2 heterocycles. The molecule has 0 aliphatic heterocycles. The zero-order chi connectivity index (χ0) is 10.3. The maximum atomic E-state index is 10.8. The minimum Gasteiger partial charge on any atom is -0.475 e. The predicted octanol–water partition coefficient (Wildman–Crippen LogP) is 0.439. The lowest BCUT2D eigenvalue weighted by molar-refractivity contribution is 0.0681. The van der Waals surface area contributed by atoms with Gasteiger partial charge in [-0.05, 0) is 19.9 Å². The number of carboxylic acids is 1. The second-order valence-electron chi connectivity index (χ2n) is 3.00. The van der Waals surface area contributed by atoms with E-state index in [-0.39, 0.29) is 5.82 Å². The van der Waals surface area contributed by atoms with Crippen LogP contribution in [0.25, 0.3) is 5.78 Å². The van der Waals surface area contributed by atoms with Gasteiger partial charge in [0, 0.05) is 11.4 Å². The van der Waals surface area contributed by atoms with Crippen molar-refractivity contribution in [3.8, 4) is 0 Å². The summed E-state index contributed by atoms with van der Waals surface area (Å²) in [5, 5.41) is 16.0. The first-order valence-corrected chi connectivity index (χ1v) is 4.02. The van der Waals surface area contributed by atoms with Crippen LogP contribution in [0.4, 0.5) is 0 Å². The number of aromatic nitrogens is 4. The van der Waals surface area contributed by atoms with Crippen LogP contribution in [0, 0.1) is 13.8 Å². The predicted molar refractivity (Wildman–Crippen MR) is 47.2 cm³/mol. The van der Waals surface area contributed by atoms with Gasteiger partial charge in [0.15, 0.2) is 0 Å². The Morgan fingerprint density at radius 1 is 1.43 bits per heavy atom. The first-order chi connectivity index (χ1) is 6.59. The van der Waals surface area contributed by atoms with Gasteiger partial charge in [-0.25, -0.2) is 9.78 Å². The Labute approximate surface area is 79.2 Å². The highest BCUT2D eigenvalue weighted by molar-refractivity contribution is 5.84. The third-order valence-electron chi connectivity index (χ3n) is 1.88. The molecule has 0 radical (unpaired) electrons. The summed E-state index contributed by atoms with van der Waals surface area (Å²) in [6, 6.07) is 1.78. The van der Waals surface area contributed by atoms with Crippen molar-refractivity contribution in [1.29, 1.82) is 0 Å². The monoisotopic (exact) mass is 192 g/mol. The molecule has 0 atom stereocenters. The lowest BCUT2D eigenvalue weighted by Crippen LogP contribution is -2.06. The highest BCUT2D eigenvalue weighted by Crippen LogP contribution is 2.07. The third-order valence-corrected chi connectivity index (χ3v) is 1.88. The standard InChI is InChI=1S/C8H8N4O2/c1-4-3-5(2)12-6(7(13)14)10-11-8(12)9-4/h3H,1-2H3,(H,13,14). The molecule has 6 heteroatoms. The molecule has 0 fully saturated rings. The van der Waals surface area contributed by atoms with Gasteiger partial charge < -0.3 is 5.11 Å². The van der Waals surface area contributed by atoms with Gasteiger partial charge in [0.1, 0.15) is 0 Å². The van der Waals surface area contributed by atoms with Crippen molar-refractivity contribution in [2.75, 3.05) is 0 Å². The molecular formula is C8H8N4O2. The summed E-state index contributed by atoms with van der Waals surface area (Å²) >= 11 is 0. The van der Waals surface area contributed by atoms with Crippen LogP contribution in [-0.2, 0) is 0 Å². The second kappa shape index (κ2) is 2.76. The molecule has 14 heavy (non-hydrogen) atoms. The number of carboxylic acid groups (broad SMARTS) is 1. The molecule has 0 saturated carbocycles. The molecule has 0 bridgehead atoms. The number of hydrogen-bond donors (Lipinski definition) is 1. The summed E-state index contributed by atoms with van der Waals surface area (Å²) in [5.74, 6) is -0.892. The van der Waals surface area contributed by atoms with Crippen molar-refractivity contribution in [2.45, 2.75) is 13.8 Å². The zero-order valence-electron chi connectivity index (χ0n) is 7.72. The van der Waals surface area contributed by atoms with E-state index in [0.717, 1.165) is 11.4 Å². The molecule has 0 aliphatic rings. The average molecular weight is 192 g/mol. The second-order valence-corrected chi connectivity index (χ2v) is 3.00. The Morgan fingerprint density at radius 2 is 2.14 bits per heavy atom. The number of fused-ring (bicyclic) bond motifs is 1. The summed E-state index contributed by atoms with van der Waals surface area (Å²) < 4.78 is 1.41. The van der Waals surface area contributed by atoms with Crippen LogP contribution in [0.3, 0.4) is 0 Å². The van der Waals surface area contributed by atoms with E-state index in [2.05, 4.69) is 15.2 Å². The van der Waals surface area contributed by atoms with Gasteiger partial charge in [-0.15, -0.1) is 10.2 Å². The van der Waals surface area contributed by atoms with Gasteiger partial charge in [0.2, 0.25) is 5.82 Å². The van der Waals surface area contributed by atoms with E-state index in [4.69, 9.17) is 5.11 Å². The molecule has 2 aromatic heterocycles. The van der Waals surface area contributed by atoms with Gasteiger partial charge in [-0.3, -0.25) is 4.40 Å².